The standard InChI is InChI=1S/C13H23NO5/c1-12(2,3)6-9-19-11(18)14-7-4-13(14,5-8-15)10(16)17/h15H,4-9H2,1-3H3,(H,16,17)/p-1/t13-/m0/s1. The van der Waals surface area contributed by atoms with E-state index in [9.17, 15) is 14.7 Å². The molecule has 0 aromatic rings. The second-order valence-corrected chi connectivity index (χ2v) is 6.12. The molecule has 1 heterocycles. The molecule has 0 aromatic heterocycles. The normalized spacial score (nSPS) is 22.8. The second-order valence-electron chi connectivity index (χ2n) is 6.12. The lowest BCUT2D eigenvalue weighted by atomic mass is 9.82. The summed E-state index contributed by atoms with van der Waals surface area (Å²) in [5.41, 5.74) is -1.35. The Hall–Kier alpha value is -1.30. The summed E-state index contributed by atoms with van der Waals surface area (Å²) < 4.78 is 5.09. The highest BCUT2D eigenvalue weighted by molar-refractivity contribution is 5.85. The van der Waals surface area contributed by atoms with E-state index in [-0.39, 0.29) is 25.0 Å². The van der Waals surface area contributed by atoms with E-state index in [0.717, 1.165) is 4.90 Å². The van der Waals surface area contributed by atoms with Crippen molar-refractivity contribution in [2.45, 2.75) is 45.6 Å². The number of hydrogen-bond donors (Lipinski definition) is 1. The van der Waals surface area contributed by atoms with Crippen LogP contribution in [0.3, 0.4) is 0 Å². The average Bonchev–Trinajstić information content (AvgIpc) is 2.21. The number of carbonyl (C=O) groups excluding carboxylic acids is 2. The van der Waals surface area contributed by atoms with Crippen LogP contribution in [0, 0.1) is 5.41 Å². The third-order valence-electron chi connectivity index (χ3n) is 3.47. The lowest BCUT2D eigenvalue weighted by Gasteiger charge is -2.52. The van der Waals surface area contributed by atoms with Gasteiger partial charge in [0.2, 0.25) is 0 Å². The molecule has 1 amide bonds. The number of ether oxygens (including phenoxy) is 1. The van der Waals surface area contributed by atoms with Gasteiger partial charge in [0, 0.05) is 13.2 Å². The van der Waals surface area contributed by atoms with E-state index in [1.165, 1.54) is 0 Å². The Morgan fingerprint density at radius 1 is 1.42 bits per heavy atom. The van der Waals surface area contributed by atoms with Crippen molar-refractivity contribution in [3.8, 4) is 0 Å². The molecule has 19 heavy (non-hydrogen) atoms. The van der Waals surface area contributed by atoms with Crippen LogP contribution in [-0.2, 0) is 9.53 Å². The van der Waals surface area contributed by atoms with Crippen LogP contribution in [0.2, 0.25) is 0 Å². The van der Waals surface area contributed by atoms with Crippen LogP contribution < -0.4 is 5.11 Å². The number of amides is 1. The fourth-order valence-corrected chi connectivity index (χ4v) is 2.04. The van der Waals surface area contributed by atoms with Gasteiger partial charge in [0.15, 0.2) is 0 Å². The summed E-state index contributed by atoms with van der Waals surface area (Å²) in [6.45, 7) is 6.36. The van der Waals surface area contributed by atoms with Crippen molar-refractivity contribution >= 4 is 12.1 Å². The maximum absolute atomic E-state index is 11.8. The lowest BCUT2D eigenvalue weighted by Crippen LogP contribution is -2.70. The summed E-state index contributed by atoms with van der Waals surface area (Å²) in [5.74, 6) is -1.33. The van der Waals surface area contributed by atoms with E-state index in [4.69, 9.17) is 9.84 Å². The molecule has 6 heteroatoms. The largest absolute Gasteiger partial charge is 0.548 e. The van der Waals surface area contributed by atoms with Crippen LogP contribution >= 0.6 is 0 Å². The highest BCUT2D eigenvalue weighted by Gasteiger charge is 2.49. The Bertz CT molecular complexity index is 349. The Balaban J connectivity index is 2.55. The third-order valence-corrected chi connectivity index (χ3v) is 3.47. The first kappa shape index (κ1) is 15.8. The molecule has 110 valence electrons. The van der Waals surface area contributed by atoms with Crippen molar-refractivity contribution in [2.24, 2.45) is 5.41 Å². The molecule has 0 unspecified atom stereocenters. The van der Waals surface area contributed by atoms with Gasteiger partial charge in [0.25, 0.3) is 0 Å². The Morgan fingerprint density at radius 3 is 2.42 bits per heavy atom. The number of aliphatic carboxylic acids is 1. The number of rotatable bonds is 5. The molecule has 1 N–H and O–H groups in total. The van der Waals surface area contributed by atoms with Crippen LogP contribution in [0.15, 0.2) is 0 Å². The van der Waals surface area contributed by atoms with E-state index in [0.29, 0.717) is 19.4 Å². The lowest BCUT2D eigenvalue weighted by molar-refractivity contribution is -0.324. The third kappa shape index (κ3) is 3.59. The highest BCUT2D eigenvalue weighted by Crippen LogP contribution is 2.34. The van der Waals surface area contributed by atoms with Crippen molar-refractivity contribution in [3.05, 3.63) is 0 Å². The van der Waals surface area contributed by atoms with Gasteiger partial charge in [-0.25, -0.2) is 4.79 Å². The maximum atomic E-state index is 11.8. The number of hydrogen-bond acceptors (Lipinski definition) is 5. The molecule has 1 fully saturated rings. The number of carboxylic acid groups (broad SMARTS) is 1. The fraction of sp³-hybridized carbons (Fsp3) is 0.846. The number of carboxylic acids is 1. The molecule has 0 saturated carbocycles. The van der Waals surface area contributed by atoms with Crippen molar-refractivity contribution in [3.63, 3.8) is 0 Å². The van der Waals surface area contributed by atoms with Gasteiger partial charge in [-0.15, -0.1) is 0 Å². The van der Waals surface area contributed by atoms with E-state index in [1.54, 1.807) is 0 Å². The smallest absolute Gasteiger partial charge is 0.410 e. The van der Waals surface area contributed by atoms with Gasteiger partial charge < -0.3 is 19.7 Å². The molecule has 1 saturated heterocycles. The van der Waals surface area contributed by atoms with Gasteiger partial charge in [-0.1, -0.05) is 20.8 Å². The zero-order valence-electron chi connectivity index (χ0n) is 11.8. The van der Waals surface area contributed by atoms with E-state index in [2.05, 4.69) is 0 Å². The first-order chi connectivity index (χ1) is 8.73. The summed E-state index contributed by atoms with van der Waals surface area (Å²) in [6.07, 6.45) is 0.326. The van der Waals surface area contributed by atoms with Gasteiger partial charge in [-0.05, 0) is 24.7 Å². The number of carbonyl (C=O) groups is 2. The predicted molar refractivity (Wildman–Crippen MR) is 66.2 cm³/mol. The summed E-state index contributed by atoms with van der Waals surface area (Å²) in [4.78, 5) is 24.1. The summed E-state index contributed by atoms with van der Waals surface area (Å²) in [6, 6.07) is 0. The van der Waals surface area contributed by atoms with Crippen LogP contribution in [0.5, 0.6) is 0 Å². The molecule has 0 bridgehead atoms. The first-order valence-electron chi connectivity index (χ1n) is 6.50. The second kappa shape index (κ2) is 5.77. The molecule has 1 aliphatic heterocycles. The molecule has 6 nitrogen and oxygen atoms in total. The number of aliphatic hydroxyl groups excluding tert-OH is 1. The number of aliphatic hydroxyl groups is 1. The predicted octanol–water partition coefficient (Wildman–Crippen LogP) is 0.136. The SMILES string of the molecule is CC(C)(C)CCOC(=O)N1CC[C@]1(CCO)C(=O)[O-]. The van der Waals surface area contributed by atoms with Crippen molar-refractivity contribution in [2.75, 3.05) is 19.8 Å². The monoisotopic (exact) mass is 272 g/mol. The van der Waals surface area contributed by atoms with Gasteiger partial charge in [-0.3, -0.25) is 4.90 Å². The minimum atomic E-state index is -1.40. The van der Waals surface area contributed by atoms with Crippen LogP contribution in [0.1, 0.15) is 40.0 Å². The number of likely N-dealkylation sites (tertiary alicyclic amines) is 1. The molecular formula is C13H22NO5-. The Morgan fingerprint density at radius 2 is 2.05 bits per heavy atom. The average molecular weight is 272 g/mol. The number of nitrogens with zero attached hydrogens (tertiary/aromatic N) is 1. The fourth-order valence-electron chi connectivity index (χ4n) is 2.04. The van der Waals surface area contributed by atoms with Gasteiger partial charge in [-0.2, -0.15) is 0 Å². The maximum Gasteiger partial charge on any atom is 0.410 e. The minimum absolute atomic E-state index is 0.0241. The van der Waals surface area contributed by atoms with E-state index < -0.39 is 17.6 Å². The van der Waals surface area contributed by atoms with E-state index in [1.807, 2.05) is 20.8 Å². The molecule has 1 atom stereocenters. The van der Waals surface area contributed by atoms with Gasteiger partial charge >= 0.3 is 6.09 Å². The molecule has 0 radical (unpaired) electrons. The van der Waals surface area contributed by atoms with Crippen LogP contribution in [-0.4, -0.2) is 47.4 Å². The molecular weight excluding hydrogens is 250 g/mol. The highest BCUT2D eigenvalue weighted by atomic mass is 16.6. The molecule has 0 aliphatic carbocycles. The zero-order chi connectivity index (χ0) is 14.7. The molecule has 1 rings (SSSR count). The summed E-state index contributed by atoms with van der Waals surface area (Å²) >= 11 is 0. The molecule has 1 aliphatic rings. The van der Waals surface area contributed by atoms with Crippen molar-refractivity contribution in [1.29, 1.82) is 0 Å². The zero-order valence-corrected chi connectivity index (χ0v) is 11.8. The van der Waals surface area contributed by atoms with Gasteiger partial charge in [0.1, 0.15) is 0 Å². The Labute approximate surface area is 113 Å². The summed E-state index contributed by atoms with van der Waals surface area (Å²) in [7, 11) is 0. The molecule has 0 aromatic carbocycles. The topological polar surface area (TPSA) is 89.9 Å². The van der Waals surface area contributed by atoms with E-state index >= 15 is 0 Å². The summed E-state index contributed by atoms with van der Waals surface area (Å²) in [5, 5.41) is 20.1. The molecule has 0 spiro atoms. The quantitative estimate of drug-likeness (QED) is 0.768. The van der Waals surface area contributed by atoms with Crippen molar-refractivity contribution in [1.82, 2.24) is 4.90 Å². The minimum Gasteiger partial charge on any atom is -0.548 e. The van der Waals surface area contributed by atoms with Gasteiger partial charge in [0.05, 0.1) is 18.1 Å². The Kier molecular flexibility index (Phi) is 4.79. The van der Waals surface area contributed by atoms with Crippen LogP contribution in [0.4, 0.5) is 4.79 Å². The van der Waals surface area contributed by atoms with Crippen LogP contribution in [0.25, 0.3) is 0 Å². The first-order valence-corrected chi connectivity index (χ1v) is 6.50. The van der Waals surface area contributed by atoms with Crippen molar-refractivity contribution < 1.29 is 24.5 Å².